The zero-order valence-electron chi connectivity index (χ0n) is 16.1. The molecule has 0 aromatic heterocycles. The van der Waals surface area contributed by atoms with Crippen molar-refractivity contribution in [1.29, 1.82) is 0 Å². The van der Waals surface area contributed by atoms with E-state index in [1.165, 1.54) is 5.56 Å². The highest BCUT2D eigenvalue weighted by Gasteiger charge is 2.23. The van der Waals surface area contributed by atoms with Crippen molar-refractivity contribution in [3.8, 4) is 0 Å². The SMILES string of the molecule is CCOC(=O)Nc1ccc(C(=O)N2CCN(c3cc(Cl)ccc3C)CC2)cc1. The van der Waals surface area contributed by atoms with E-state index in [0.717, 1.165) is 23.8 Å². The van der Waals surface area contributed by atoms with E-state index in [1.807, 2.05) is 23.1 Å². The number of rotatable bonds is 4. The van der Waals surface area contributed by atoms with Crippen molar-refractivity contribution in [2.24, 2.45) is 0 Å². The molecule has 2 aromatic carbocycles. The lowest BCUT2D eigenvalue weighted by Crippen LogP contribution is -2.49. The van der Waals surface area contributed by atoms with Gasteiger partial charge in [-0.25, -0.2) is 4.79 Å². The first-order valence-electron chi connectivity index (χ1n) is 9.32. The summed E-state index contributed by atoms with van der Waals surface area (Å²) in [6, 6.07) is 12.7. The molecule has 148 valence electrons. The smallest absolute Gasteiger partial charge is 0.411 e. The Balaban J connectivity index is 1.59. The molecule has 0 radical (unpaired) electrons. The monoisotopic (exact) mass is 401 g/mol. The van der Waals surface area contributed by atoms with Crippen LogP contribution in [0.15, 0.2) is 42.5 Å². The van der Waals surface area contributed by atoms with Gasteiger partial charge in [0, 0.05) is 48.1 Å². The lowest BCUT2D eigenvalue weighted by molar-refractivity contribution is 0.0747. The second-order valence-electron chi connectivity index (χ2n) is 6.63. The Bertz CT molecular complexity index is 846. The minimum Gasteiger partial charge on any atom is -0.450 e. The van der Waals surface area contributed by atoms with Crippen LogP contribution in [0.3, 0.4) is 0 Å². The van der Waals surface area contributed by atoms with Crippen LogP contribution in [0.4, 0.5) is 16.2 Å². The maximum atomic E-state index is 12.8. The Hall–Kier alpha value is -2.73. The first kappa shape index (κ1) is 20.0. The lowest BCUT2D eigenvalue weighted by atomic mass is 10.1. The first-order chi connectivity index (χ1) is 13.5. The van der Waals surface area contributed by atoms with E-state index in [-0.39, 0.29) is 5.91 Å². The molecule has 0 bridgehead atoms. The molecule has 1 fully saturated rings. The summed E-state index contributed by atoms with van der Waals surface area (Å²) in [5.74, 6) is -0.00912. The van der Waals surface area contributed by atoms with E-state index in [1.54, 1.807) is 31.2 Å². The molecule has 1 saturated heterocycles. The fourth-order valence-electron chi connectivity index (χ4n) is 3.24. The highest BCUT2D eigenvalue weighted by atomic mass is 35.5. The van der Waals surface area contributed by atoms with Gasteiger partial charge in [-0.3, -0.25) is 10.1 Å². The predicted octanol–water partition coefficient (Wildman–Crippen LogP) is 4.18. The molecule has 0 aliphatic carbocycles. The molecular weight excluding hydrogens is 378 g/mol. The quantitative estimate of drug-likeness (QED) is 0.834. The number of piperazine rings is 1. The molecule has 0 unspecified atom stereocenters. The van der Waals surface area contributed by atoms with E-state index in [4.69, 9.17) is 16.3 Å². The van der Waals surface area contributed by atoms with Gasteiger partial charge in [0.25, 0.3) is 5.91 Å². The predicted molar refractivity (Wildman–Crippen MR) is 111 cm³/mol. The third-order valence-corrected chi connectivity index (χ3v) is 4.97. The van der Waals surface area contributed by atoms with Crippen molar-refractivity contribution in [3.05, 3.63) is 58.6 Å². The molecule has 1 heterocycles. The van der Waals surface area contributed by atoms with Crippen LogP contribution in [0.5, 0.6) is 0 Å². The molecule has 2 aromatic rings. The van der Waals surface area contributed by atoms with E-state index in [9.17, 15) is 9.59 Å². The second kappa shape index (κ2) is 8.97. The average molecular weight is 402 g/mol. The fourth-order valence-corrected chi connectivity index (χ4v) is 3.40. The molecule has 6 nitrogen and oxygen atoms in total. The van der Waals surface area contributed by atoms with Crippen molar-refractivity contribution in [2.75, 3.05) is 43.0 Å². The van der Waals surface area contributed by atoms with E-state index in [0.29, 0.717) is 30.9 Å². The maximum absolute atomic E-state index is 12.8. The lowest BCUT2D eigenvalue weighted by Gasteiger charge is -2.37. The Labute approximate surface area is 170 Å². The van der Waals surface area contributed by atoms with E-state index < -0.39 is 6.09 Å². The minimum atomic E-state index is -0.506. The average Bonchev–Trinajstić information content (AvgIpc) is 2.70. The summed E-state index contributed by atoms with van der Waals surface area (Å²) in [7, 11) is 0. The van der Waals surface area contributed by atoms with Crippen LogP contribution in [-0.2, 0) is 4.74 Å². The molecule has 2 amide bonds. The van der Waals surface area contributed by atoms with Gasteiger partial charge in [-0.1, -0.05) is 17.7 Å². The van der Waals surface area contributed by atoms with Gasteiger partial charge in [0.05, 0.1) is 6.61 Å². The molecule has 1 N–H and O–H groups in total. The molecule has 3 rings (SSSR count). The maximum Gasteiger partial charge on any atom is 0.411 e. The molecule has 1 aliphatic heterocycles. The first-order valence-corrected chi connectivity index (χ1v) is 9.70. The minimum absolute atomic E-state index is 0.00912. The Morgan fingerprint density at radius 1 is 1.07 bits per heavy atom. The number of aryl methyl sites for hydroxylation is 1. The van der Waals surface area contributed by atoms with Crippen LogP contribution in [0.25, 0.3) is 0 Å². The van der Waals surface area contributed by atoms with Crippen LogP contribution in [0.2, 0.25) is 5.02 Å². The highest BCUT2D eigenvalue weighted by molar-refractivity contribution is 6.30. The number of anilines is 2. The molecule has 1 aliphatic rings. The van der Waals surface area contributed by atoms with Crippen molar-refractivity contribution >= 4 is 35.0 Å². The zero-order valence-corrected chi connectivity index (χ0v) is 16.8. The number of halogens is 1. The highest BCUT2D eigenvalue weighted by Crippen LogP contribution is 2.25. The van der Waals surface area contributed by atoms with Gasteiger partial charge in [-0.15, -0.1) is 0 Å². The fraction of sp³-hybridized carbons (Fsp3) is 0.333. The van der Waals surface area contributed by atoms with Crippen molar-refractivity contribution in [3.63, 3.8) is 0 Å². The molecule has 28 heavy (non-hydrogen) atoms. The molecule has 0 saturated carbocycles. The number of hydrogen-bond donors (Lipinski definition) is 1. The largest absolute Gasteiger partial charge is 0.450 e. The summed E-state index contributed by atoms with van der Waals surface area (Å²) >= 11 is 6.13. The third-order valence-electron chi connectivity index (χ3n) is 4.73. The van der Waals surface area contributed by atoms with Gasteiger partial charge in [0.2, 0.25) is 0 Å². The molecule has 0 atom stereocenters. The molecule has 7 heteroatoms. The van der Waals surface area contributed by atoms with Gasteiger partial charge in [-0.05, 0) is 55.8 Å². The Morgan fingerprint density at radius 2 is 1.75 bits per heavy atom. The van der Waals surface area contributed by atoms with E-state index >= 15 is 0 Å². The van der Waals surface area contributed by atoms with Crippen molar-refractivity contribution < 1.29 is 14.3 Å². The second-order valence-corrected chi connectivity index (χ2v) is 7.07. The van der Waals surface area contributed by atoms with Gasteiger partial charge in [0.15, 0.2) is 0 Å². The molecular formula is C21H24ClN3O3. The molecule has 0 spiro atoms. The third kappa shape index (κ3) is 4.75. The number of hydrogen-bond acceptors (Lipinski definition) is 4. The summed E-state index contributed by atoms with van der Waals surface area (Å²) in [6.45, 7) is 6.93. The zero-order chi connectivity index (χ0) is 20.1. The number of carbonyl (C=O) groups is 2. The van der Waals surface area contributed by atoms with Gasteiger partial charge in [-0.2, -0.15) is 0 Å². The van der Waals surface area contributed by atoms with Crippen molar-refractivity contribution in [2.45, 2.75) is 13.8 Å². The summed E-state index contributed by atoms with van der Waals surface area (Å²) in [5, 5.41) is 3.34. The number of benzene rings is 2. The summed E-state index contributed by atoms with van der Waals surface area (Å²) < 4.78 is 4.84. The van der Waals surface area contributed by atoms with Crippen LogP contribution < -0.4 is 10.2 Å². The van der Waals surface area contributed by atoms with Crippen molar-refractivity contribution in [1.82, 2.24) is 4.90 Å². The van der Waals surface area contributed by atoms with E-state index in [2.05, 4.69) is 17.1 Å². The van der Waals surface area contributed by atoms with Crippen LogP contribution >= 0.6 is 11.6 Å². The van der Waals surface area contributed by atoms with Gasteiger partial charge >= 0.3 is 6.09 Å². The van der Waals surface area contributed by atoms with Gasteiger partial charge in [0.1, 0.15) is 0 Å². The topological polar surface area (TPSA) is 61.9 Å². The summed E-state index contributed by atoms with van der Waals surface area (Å²) in [5.41, 5.74) is 3.49. The summed E-state index contributed by atoms with van der Waals surface area (Å²) in [4.78, 5) is 28.3. The number of ether oxygens (including phenoxy) is 1. The number of amides is 2. The summed E-state index contributed by atoms with van der Waals surface area (Å²) in [6.07, 6.45) is -0.506. The number of nitrogens with zero attached hydrogens (tertiary/aromatic N) is 2. The van der Waals surface area contributed by atoms with Gasteiger partial charge < -0.3 is 14.5 Å². The normalized spacial score (nSPS) is 14.0. The number of nitrogens with one attached hydrogen (secondary N) is 1. The van der Waals surface area contributed by atoms with Crippen LogP contribution in [0, 0.1) is 6.92 Å². The van der Waals surface area contributed by atoms with Crippen LogP contribution in [0.1, 0.15) is 22.8 Å². The standard InChI is InChI=1S/C21H24ClN3O3/c1-3-28-21(27)23-18-8-5-16(6-9-18)20(26)25-12-10-24(11-13-25)19-14-17(22)7-4-15(19)2/h4-9,14H,3,10-13H2,1-2H3,(H,23,27). The number of carbonyl (C=O) groups excluding carboxylic acids is 2. The Kier molecular flexibility index (Phi) is 6.41. The van der Waals surface area contributed by atoms with Crippen LogP contribution in [-0.4, -0.2) is 49.7 Å². The Morgan fingerprint density at radius 3 is 2.39 bits per heavy atom.